The Balaban J connectivity index is 1.55. The first-order valence-corrected chi connectivity index (χ1v) is 8.47. The van der Waals surface area contributed by atoms with Gasteiger partial charge in [0.25, 0.3) is 5.56 Å². The van der Waals surface area contributed by atoms with E-state index in [1.165, 1.54) is 6.33 Å². The summed E-state index contributed by atoms with van der Waals surface area (Å²) in [5.74, 6) is 1.09. The maximum absolute atomic E-state index is 12.3. The Morgan fingerprint density at radius 3 is 2.58 bits per heavy atom. The average Bonchev–Trinajstić information content (AvgIpc) is 2.69. The topological polar surface area (TPSA) is 76.4 Å². The molecule has 0 atom stereocenters. The minimum absolute atomic E-state index is 0.0615. The molecule has 0 spiro atoms. The second kappa shape index (κ2) is 6.62. The van der Waals surface area contributed by atoms with Gasteiger partial charge in [0.1, 0.15) is 6.33 Å². The number of hydrogen-bond donors (Lipinski definition) is 0. The van der Waals surface area contributed by atoms with Crippen LogP contribution in [0.15, 0.2) is 41.7 Å². The molecule has 0 amide bonds. The number of ether oxygens (including phenoxy) is 1. The lowest BCUT2D eigenvalue weighted by molar-refractivity contribution is 0.402. The van der Waals surface area contributed by atoms with Crippen LogP contribution in [0.25, 0.3) is 10.9 Å². The molecule has 0 aliphatic carbocycles. The highest BCUT2D eigenvalue weighted by Gasteiger charge is 2.21. The van der Waals surface area contributed by atoms with Crippen molar-refractivity contribution in [2.45, 2.75) is 0 Å². The van der Waals surface area contributed by atoms with Crippen molar-refractivity contribution in [3.05, 3.63) is 47.3 Å². The highest BCUT2D eigenvalue weighted by Crippen LogP contribution is 2.27. The highest BCUT2D eigenvalue weighted by molar-refractivity contribution is 5.86. The van der Waals surface area contributed by atoms with Crippen LogP contribution in [0.5, 0.6) is 5.88 Å². The van der Waals surface area contributed by atoms with Gasteiger partial charge in [0.15, 0.2) is 5.82 Å². The monoisotopic (exact) mass is 352 g/mol. The van der Waals surface area contributed by atoms with E-state index in [9.17, 15) is 4.79 Å². The molecule has 1 aliphatic rings. The van der Waals surface area contributed by atoms with Crippen LogP contribution in [0.1, 0.15) is 0 Å². The summed E-state index contributed by atoms with van der Waals surface area (Å²) in [6, 6.07) is 6.10. The van der Waals surface area contributed by atoms with Crippen LogP contribution in [0.2, 0.25) is 0 Å². The molecule has 1 fully saturated rings. The predicted octanol–water partition coefficient (Wildman–Crippen LogP) is 1.06. The first kappa shape index (κ1) is 16.3. The van der Waals surface area contributed by atoms with Gasteiger partial charge in [-0.05, 0) is 18.2 Å². The van der Waals surface area contributed by atoms with Crippen LogP contribution in [-0.4, -0.2) is 52.8 Å². The summed E-state index contributed by atoms with van der Waals surface area (Å²) in [5.41, 5.74) is 1.89. The maximum Gasteiger partial charge on any atom is 0.293 e. The van der Waals surface area contributed by atoms with Crippen LogP contribution in [-0.2, 0) is 7.05 Å². The summed E-state index contributed by atoms with van der Waals surface area (Å²) in [6.45, 7) is 3.10. The Hall–Kier alpha value is -3.16. The minimum Gasteiger partial charge on any atom is -0.480 e. The number of aryl methyl sites for hydroxylation is 1. The molecular weight excluding hydrogens is 332 g/mol. The lowest BCUT2D eigenvalue weighted by Crippen LogP contribution is -2.48. The van der Waals surface area contributed by atoms with E-state index in [-0.39, 0.29) is 5.56 Å². The van der Waals surface area contributed by atoms with Crippen molar-refractivity contribution < 1.29 is 4.74 Å². The van der Waals surface area contributed by atoms with Gasteiger partial charge in [-0.15, -0.1) is 0 Å². The molecule has 8 nitrogen and oxygen atoms in total. The van der Waals surface area contributed by atoms with Gasteiger partial charge in [0, 0.05) is 51.3 Å². The number of piperazine rings is 1. The molecule has 3 heterocycles. The predicted molar refractivity (Wildman–Crippen MR) is 100.0 cm³/mol. The molecule has 0 saturated carbocycles. The van der Waals surface area contributed by atoms with Crippen LogP contribution in [0.3, 0.4) is 0 Å². The van der Waals surface area contributed by atoms with Crippen molar-refractivity contribution in [1.82, 2.24) is 19.5 Å². The summed E-state index contributed by atoms with van der Waals surface area (Å²) in [7, 11) is 3.36. The molecule has 0 bridgehead atoms. The van der Waals surface area contributed by atoms with Crippen LogP contribution in [0, 0.1) is 0 Å². The van der Waals surface area contributed by atoms with Gasteiger partial charge < -0.3 is 19.1 Å². The Morgan fingerprint density at radius 2 is 1.81 bits per heavy atom. The van der Waals surface area contributed by atoms with Gasteiger partial charge in [-0.3, -0.25) is 4.79 Å². The minimum atomic E-state index is -0.0615. The SMILES string of the molecule is COc1ncnc2ccc(N3CCN(c4nccn(C)c4=O)CC3)cc12. The fourth-order valence-corrected chi connectivity index (χ4v) is 3.26. The lowest BCUT2D eigenvalue weighted by Gasteiger charge is -2.36. The van der Waals surface area contributed by atoms with E-state index in [0.29, 0.717) is 11.7 Å². The zero-order valence-corrected chi connectivity index (χ0v) is 14.8. The standard InChI is InChI=1S/C18H20N6O2/c1-22-6-5-19-16(18(22)25)24-9-7-23(8-10-24)13-3-4-15-14(11-13)17(26-2)21-12-20-15/h3-6,11-12H,7-10H2,1-2H3. The number of benzene rings is 1. The maximum atomic E-state index is 12.3. The number of hydrogen-bond acceptors (Lipinski definition) is 7. The summed E-state index contributed by atoms with van der Waals surface area (Å²) >= 11 is 0. The Kier molecular flexibility index (Phi) is 4.16. The Bertz CT molecular complexity index is 994. The van der Waals surface area contributed by atoms with Gasteiger partial charge in [-0.25, -0.2) is 15.0 Å². The van der Waals surface area contributed by atoms with Gasteiger partial charge in [0.05, 0.1) is 18.0 Å². The van der Waals surface area contributed by atoms with Crippen molar-refractivity contribution in [2.75, 3.05) is 43.1 Å². The third kappa shape index (κ3) is 2.83. The fraction of sp³-hybridized carbons (Fsp3) is 0.333. The van der Waals surface area contributed by atoms with E-state index in [0.717, 1.165) is 42.8 Å². The van der Waals surface area contributed by atoms with Crippen molar-refractivity contribution in [1.29, 1.82) is 0 Å². The molecule has 26 heavy (non-hydrogen) atoms. The second-order valence-electron chi connectivity index (χ2n) is 6.23. The average molecular weight is 352 g/mol. The summed E-state index contributed by atoms with van der Waals surface area (Å²) in [4.78, 5) is 29.3. The number of rotatable bonds is 3. The summed E-state index contributed by atoms with van der Waals surface area (Å²) < 4.78 is 6.91. The molecule has 2 aromatic heterocycles. The number of aromatic nitrogens is 4. The third-order valence-corrected chi connectivity index (χ3v) is 4.72. The molecule has 0 N–H and O–H groups in total. The molecule has 1 aliphatic heterocycles. The fourth-order valence-electron chi connectivity index (χ4n) is 3.26. The zero-order valence-electron chi connectivity index (χ0n) is 14.8. The molecule has 1 saturated heterocycles. The number of nitrogens with zero attached hydrogens (tertiary/aromatic N) is 6. The van der Waals surface area contributed by atoms with Gasteiger partial charge in [0.2, 0.25) is 5.88 Å². The van der Waals surface area contributed by atoms with E-state index in [1.54, 1.807) is 31.1 Å². The van der Waals surface area contributed by atoms with Crippen LogP contribution >= 0.6 is 0 Å². The summed E-state index contributed by atoms with van der Waals surface area (Å²) in [6.07, 6.45) is 4.85. The van der Waals surface area contributed by atoms with Crippen molar-refractivity contribution in [3.8, 4) is 5.88 Å². The van der Waals surface area contributed by atoms with E-state index in [2.05, 4.69) is 32.0 Å². The molecule has 134 valence electrons. The van der Waals surface area contributed by atoms with E-state index in [4.69, 9.17) is 4.74 Å². The summed E-state index contributed by atoms with van der Waals surface area (Å²) in [5, 5.41) is 0.897. The molecular formula is C18H20N6O2. The molecule has 8 heteroatoms. The molecule has 0 unspecified atom stereocenters. The van der Waals surface area contributed by atoms with E-state index >= 15 is 0 Å². The van der Waals surface area contributed by atoms with E-state index < -0.39 is 0 Å². The highest BCUT2D eigenvalue weighted by atomic mass is 16.5. The normalized spacial score (nSPS) is 14.7. The van der Waals surface area contributed by atoms with Crippen LogP contribution in [0.4, 0.5) is 11.5 Å². The smallest absolute Gasteiger partial charge is 0.293 e. The number of methoxy groups -OCH3 is 1. The van der Waals surface area contributed by atoms with Gasteiger partial charge >= 0.3 is 0 Å². The number of fused-ring (bicyclic) bond motifs is 1. The number of anilines is 2. The lowest BCUT2D eigenvalue weighted by atomic mass is 10.2. The Labute approximate surface area is 150 Å². The van der Waals surface area contributed by atoms with E-state index in [1.807, 2.05) is 11.0 Å². The second-order valence-corrected chi connectivity index (χ2v) is 6.23. The van der Waals surface area contributed by atoms with Crippen molar-refractivity contribution in [3.63, 3.8) is 0 Å². The zero-order chi connectivity index (χ0) is 18.1. The molecule has 1 aromatic carbocycles. The third-order valence-electron chi connectivity index (χ3n) is 4.72. The molecule has 0 radical (unpaired) electrons. The quantitative estimate of drug-likeness (QED) is 0.697. The first-order chi connectivity index (χ1) is 12.7. The van der Waals surface area contributed by atoms with Crippen molar-refractivity contribution >= 4 is 22.4 Å². The van der Waals surface area contributed by atoms with Gasteiger partial charge in [-0.2, -0.15) is 0 Å². The Morgan fingerprint density at radius 1 is 1.04 bits per heavy atom. The molecule has 3 aromatic rings. The van der Waals surface area contributed by atoms with Gasteiger partial charge in [-0.1, -0.05) is 0 Å². The largest absolute Gasteiger partial charge is 0.480 e. The first-order valence-electron chi connectivity index (χ1n) is 8.47. The van der Waals surface area contributed by atoms with Crippen molar-refractivity contribution in [2.24, 2.45) is 7.05 Å². The molecule has 4 rings (SSSR count). The van der Waals surface area contributed by atoms with Crippen LogP contribution < -0.4 is 20.1 Å².